The first-order valence-corrected chi connectivity index (χ1v) is 19.9. The molecule has 4 aliphatic rings. The highest BCUT2D eigenvalue weighted by Crippen LogP contribution is 2.65. The molecular weight excluding hydrogens is 681 g/mol. The lowest BCUT2D eigenvalue weighted by Crippen LogP contribution is -2.65. The number of nitrogens with two attached hydrogens (primary N) is 2. The zero-order valence-corrected chi connectivity index (χ0v) is 33.1. The van der Waals surface area contributed by atoms with Crippen LogP contribution in [0.2, 0.25) is 0 Å². The van der Waals surface area contributed by atoms with Gasteiger partial charge in [-0.15, -0.1) is 0 Å². The summed E-state index contributed by atoms with van der Waals surface area (Å²) < 4.78 is 12.9. The number of amides is 5. The summed E-state index contributed by atoms with van der Waals surface area (Å²) in [5.74, 6) is -2.37. The summed E-state index contributed by atoms with van der Waals surface area (Å²) >= 11 is 0. The van der Waals surface area contributed by atoms with Gasteiger partial charge in [-0.05, 0) is 103 Å². The summed E-state index contributed by atoms with van der Waals surface area (Å²) in [5.41, 5.74) is 11.1. The molecule has 3 saturated carbocycles. The van der Waals surface area contributed by atoms with Crippen LogP contribution in [0.5, 0.6) is 0 Å². The van der Waals surface area contributed by atoms with Crippen molar-refractivity contribution in [2.24, 2.45) is 28.7 Å². The lowest BCUT2D eigenvalue weighted by atomic mass is 9.43. The Morgan fingerprint density at radius 2 is 1.43 bits per heavy atom. The third-order valence-electron chi connectivity index (χ3n) is 11.8. The van der Waals surface area contributed by atoms with Crippen molar-refractivity contribution in [2.75, 3.05) is 13.1 Å². The molecule has 1 saturated heterocycles. The quantitative estimate of drug-likeness (QED) is 0.0544. The fourth-order valence-corrected chi connectivity index (χ4v) is 8.18. The first-order valence-electron chi connectivity index (χ1n) is 19.9. The van der Waals surface area contributed by atoms with Crippen molar-refractivity contribution < 1.29 is 38.4 Å². The molecule has 0 aromatic heterocycles. The second kappa shape index (κ2) is 20.2. The summed E-state index contributed by atoms with van der Waals surface area (Å²) in [7, 11) is -0.636. The van der Waals surface area contributed by atoms with Crippen molar-refractivity contribution in [3.05, 3.63) is 0 Å². The van der Waals surface area contributed by atoms with E-state index < -0.39 is 72.6 Å². The third-order valence-corrected chi connectivity index (χ3v) is 11.8. The van der Waals surface area contributed by atoms with Gasteiger partial charge in [-0.1, -0.05) is 46.5 Å². The van der Waals surface area contributed by atoms with Crippen LogP contribution in [-0.4, -0.2) is 103 Å². The zero-order valence-electron chi connectivity index (χ0n) is 33.1. The second-order valence-electron chi connectivity index (χ2n) is 16.3. The molecular formula is C37H68BN7O8. The maximum Gasteiger partial charge on any atom is 0.481 e. The molecule has 10 atom stereocenters. The minimum Gasteiger partial charge on any atom is -0.404 e. The Bertz CT molecular complexity index is 1260. The van der Waals surface area contributed by atoms with Gasteiger partial charge in [0.1, 0.15) is 24.2 Å². The van der Waals surface area contributed by atoms with Gasteiger partial charge in [0.05, 0.1) is 23.8 Å². The molecule has 3 aliphatic carbocycles. The van der Waals surface area contributed by atoms with Crippen molar-refractivity contribution in [1.82, 2.24) is 26.6 Å². The van der Waals surface area contributed by atoms with E-state index in [4.69, 9.17) is 20.8 Å². The van der Waals surface area contributed by atoms with Crippen LogP contribution < -0.4 is 38.1 Å². The number of aliphatic hydroxyl groups is 1. The van der Waals surface area contributed by atoms with Gasteiger partial charge >= 0.3 is 7.12 Å². The molecule has 0 unspecified atom stereocenters. The van der Waals surface area contributed by atoms with E-state index in [1.165, 1.54) is 13.8 Å². The topological polar surface area (TPSA) is 236 Å². The van der Waals surface area contributed by atoms with E-state index in [-0.39, 0.29) is 36.8 Å². The summed E-state index contributed by atoms with van der Waals surface area (Å²) in [6.07, 6.45) is 7.40. The van der Waals surface area contributed by atoms with Gasteiger partial charge < -0.3 is 52.5 Å². The minimum absolute atomic E-state index is 0.0428. The van der Waals surface area contributed by atoms with Gasteiger partial charge in [-0.2, -0.15) is 0 Å². The smallest absolute Gasteiger partial charge is 0.404 e. The number of hydrogen-bond donors (Lipinski definition) is 8. The predicted octanol–water partition coefficient (Wildman–Crippen LogP) is 0.937. The fraction of sp³-hybridized carbons (Fsp3) is 0.865. The average Bonchev–Trinajstić information content (AvgIpc) is 3.47. The van der Waals surface area contributed by atoms with Gasteiger partial charge in [0, 0.05) is 6.42 Å². The van der Waals surface area contributed by atoms with E-state index in [0.29, 0.717) is 44.1 Å². The minimum atomic E-state index is -1.43. The number of rotatable bonds is 23. The van der Waals surface area contributed by atoms with Crippen molar-refractivity contribution in [1.29, 1.82) is 0 Å². The van der Waals surface area contributed by atoms with E-state index in [2.05, 4.69) is 54.3 Å². The normalized spacial score (nSPS) is 26.1. The maximum absolute atomic E-state index is 13.6. The molecule has 10 N–H and O–H groups in total. The van der Waals surface area contributed by atoms with E-state index in [1.807, 2.05) is 6.92 Å². The first-order chi connectivity index (χ1) is 25.0. The fourth-order valence-electron chi connectivity index (χ4n) is 8.18. The Morgan fingerprint density at radius 3 is 2.06 bits per heavy atom. The molecule has 4 rings (SSSR count). The molecule has 0 spiro atoms. The Kier molecular flexibility index (Phi) is 17.0. The van der Waals surface area contributed by atoms with Crippen molar-refractivity contribution in [3.8, 4) is 0 Å². The van der Waals surface area contributed by atoms with Crippen LogP contribution in [0.25, 0.3) is 0 Å². The lowest BCUT2D eigenvalue weighted by Gasteiger charge is -2.64. The molecule has 5 amide bonds. The molecule has 2 bridgehead atoms. The highest BCUT2D eigenvalue weighted by atomic mass is 16.7. The number of carbonyl (C=O) groups excluding carboxylic acids is 5. The molecule has 0 aromatic rings. The SMILES string of the molecule is CCCCCCCC(=O)N[C@@H](CCN)C(=O)N[C@H](C(=O)N[C@@H](C)C(=O)N[C@@H](CCCCN)C(=O)N[C@@H](C)B1O[C@@H]2C[C@@H]3C[C@@H](C3(C)C)[C@]2(C)O1)[C@@H](C)O. The summed E-state index contributed by atoms with van der Waals surface area (Å²) in [6.45, 7) is 13.9. The third kappa shape index (κ3) is 11.6. The van der Waals surface area contributed by atoms with Crippen LogP contribution in [0, 0.1) is 17.3 Å². The number of aliphatic hydroxyl groups excluding tert-OH is 1. The number of carbonyl (C=O) groups is 5. The Morgan fingerprint density at radius 1 is 0.774 bits per heavy atom. The average molecular weight is 750 g/mol. The Hall–Kier alpha value is -2.79. The van der Waals surface area contributed by atoms with Crippen molar-refractivity contribution in [3.63, 3.8) is 0 Å². The first kappa shape index (κ1) is 44.6. The summed E-state index contributed by atoms with van der Waals surface area (Å²) in [6, 6.07) is -4.49. The van der Waals surface area contributed by atoms with Crippen LogP contribution in [-0.2, 0) is 33.3 Å². The maximum atomic E-state index is 13.6. The van der Waals surface area contributed by atoms with Gasteiger partial charge in [0.15, 0.2) is 0 Å². The molecule has 1 heterocycles. The van der Waals surface area contributed by atoms with E-state index >= 15 is 0 Å². The molecule has 53 heavy (non-hydrogen) atoms. The van der Waals surface area contributed by atoms with Crippen LogP contribution in [0.3, 0.4) is 0 Å². The number of hydrogen-bond acceptors (Lipinski definition) is 10. The molecule has 15 nitrogen and oxygen atoms in total. The molecule has 16 heteroatoms. The summed E-state index contributed by atoms with van der Waals surface area (Å²) in [4.78, 5) is 65.9. The predicted molar refractivity (Wildman–Crippen MR) is 203 cm³/mol. The standard InChI is InChI=1S/C37H68BN7O8/c1-8-9-10-11-12-16-30(47)43-27(17-19-40)34(50)45-31(23(3)46)35(51)41-22(2)32(48)44-26(15-13-14-18-39)33(49)42-24(4)38-52-29-21-25-20-28(36(25,5)6)37(29,7)53-38/h22-29,31,46H,8-21,39-40H2,1-7H3,(H,41,51)(H,42,49)(H,43,47)(H,44,48)(H,45,50)/t22-,23+,24-,25-,26-,27-,28-,29+,31-,37-/m0/s1. The zero-order chi connectivity index (χ0) is 39.5. The van der Waals surface area contributed by atoms with Crippen molar-refractivity contribution in [2.45, 2.75) is 173 Å². The Balaban J connectivity index is 1.57. The van der Waals surface area contributed by atoms with Crippen LogP contribution in [0.4, 0.5) is 0 Å². The molecule has 0 aromatic carbocycles. The van der Waals surface area contributed by atoms with E-state index in [9.17, 15) is 29.1 Å². The highest BCUT2D eigenvalue weighted by Gasteiger charge is 2.68. The number of nitrogens with one attached hydrogen (secondary N) is 5. The molecule has 302 valence electrons. The Labute approximate surface area is 316 Å². The lowest BCUT2D eigenvalue weighted by molar-refractivity contribution is -0.199. The van der Waals surface area contributed by atoms with Crippen LogP contribution in [0.15, 0.2) is 0 Å². The van der Waals surface area contributed by atoms with E-state index in [0.717, 1.165) is 38.5 Å². The van der Waals surface area contributed by atoms with Crippen LogP contribution in [0.1, 0.15) is 126 Å². The molecule has 0 radical (unpaired) electrons. The monoisotopic (exact) mass is 750 g/mol. The van der Waals surface area contributed by atoms with Crippen molar-refractivity contribution >= 4 is 36.7 Å². The largest absolute Gasteiger partial charge is 0.481 e. The molecule has 1 aliphatic heterocycles. The number of unbranched alkanes of at least 4 members (excludes halogenated alkanes) is 5. The summed E-state index contributed by atoms with van der Waals surface area (Å²) in [5, 5.41) is 23.9. The van der Waals surface area contributed by atoms with Crippen LogP contribution >= 0.6 is 0 Å². The van der Waals surface area contributed by atoms with Gasteiger partial charge in [-0.25, -0.2) is 0 Å². The second-order valence-corrected chi connectivity index (χ2v) is 16.3. The van der Waals surface area contributed by atoms with Gasteiger partial charge in [-0.3, -0.25) is 24.0 Å². The van der Waals surface area contributed by atoms with Gasteiger partial charge in [0.25, 0.3) is 0 Å². The van der Waals surface area contributed by atoms with E-state index in [1.54, 1.807) is 0 Å². The molecule has 4 fully saturated rings. The highest BCUT2D eigenvalue weighted by molar-refractivity contribution is 6.47. The van der Waals surface area contributed by atoms with Gasteiger partial charge in [0.2, 0.25) is 29.5 Å².